The fourth-order valence-corrected chi connectivity index (χ4v) is 2.03. The maximum atomic E-state index is 11.1. The van der Waals surface area contributed by atoms with E-state index in [1.54, 1.807) is 6.26 Å². The predicted octanol–water partition coefficient (Wildman–Crippen LogP) is 5.76. The number of hydrogen-bond acceptors (Lipinski definition) is 2. The molecule has 0 aromatic rings. The van der Waals surface area contributed by atoms with Gasteiger partial charge < -0.3 is 4.74 Å². The molecule has 0 amide bonds. The number of carbonyl (C=O) groups excluding carboxylic acids is 1. The molecule has 0 rings (SSSR count). The van der Waals surface area contributed by atoms with E-state index in [0.29, 0.717) is 6.42 Å². The van der Waals surface area contributed by atoms with E-state index in [2.05, 4.69) is 6.92 Å². The second-order valence-electron chi connectivity index (χ2n) is 5.23. The third-order valence-electron chi connectivity index (χ3n) is 3.22. The Balaban J connectivity index is 3.13. The molecule has 2 heteroatoms. The van der Waals surface area contributed by atoms with Crippen LogP contribution in [0, 0.1) is 0 Å². The van der Waals surface area contributed by atoms with Crippen molar-refractivity contribution in [2.75, 3.05) is 0 Å². The molecule has 0 atom stereocenters. The summed E-state index contributed by atoms with van der Waals surface area (Å²) >= 11 is 0. The van der Waals surface area contributed by atoms with Crippen LogP contribution in [-0.2, 0) is 9.53 Å². The number of carbonyl (C=O) groups is 1. The third-order valence-corrected chi connectivity index (χ3v) is 3.22. The molecule has 0 N–H and O–H groups in total. The highest BCUT2D eigenvalue weighted by Crippen LogP contribution is 2.10. The molecule has 0 aromatic carbocycles. The summed E-state index contributed by atoms with van der Waals surface area (Å²) in [6.45, 7) is 4.24. The zero-order chi connectivity index (χ0) is 14.2. The van der Waals surface area contributed by atoms with Crippen LogP contribution in [0.25, 0.3) is 0 Å². The molecule has 112 valence electrons. The Kier molecular flexibility index (Phi) is 14.6. The summed E-state index contributed by atoms with van der Waals surface area (Å²) in [5.74, 6) is -0.120. The number of hydrogen-bond donors (Lipinski definition) is 0. The van der Waals surface area contributed by atoms with E-state index in [9.17, 15) is 4.79 Å². The molecule has 0 saturated heterocycles. The minimum absolute atomic E-state index is 0.120. The molecule has 19 heavy (non-hydrogen) atoms. The standard InChI is InChI=1S/C17H32O2/c1-3-5-6-7-8-9-10-11-12-13-14-16-19-17(18)15-4-2/h14,16H,3-13,15H2,1-2H3. The van der Waals surface area contributed by atoms with Gasteiger partial charge in [-0.25, -0.2) is 0 Å². The first-order chi connectivity index (χ1) is 9.31. The number of allylic oxidation sites excluding steroid dienone is 1. The first kappa shape index (κ1) is 18.2. The Morgan fingerprint density at radius 3 is 2.00 bits per heavy atom. The molecule has 0 heterocycles. The van der Waals surface area contributed by atoms with E-state index >= 15 is 0 Å². The Hall–Kier alpha value is -0.790. The number of ether oxygens (including phenoxy) is 1. The Labute approximate surface area is 119 Å². The maximum Gasteiger partial charge on any atom is 0.310 e. The monoisotopic (exact) mass is 268 g/mol. The van der Waals surface area contributed by atoms with E-state index in [1.165, 1.54) is 57.8 Å². The van der Waals surface area contributed by atoms with E-state index < -0.39 is 0 Å². The first-order valence-electron chi connectivity index (χ1n) is 8.15. The smallest absolute Gasteiger partial charge is 0.310 e. The molecule has 0 spiro atoms. The lowest BCUT2D eigenvalue weighted by molar-refractivity contribution is -0.138. The van der Waals surface area contributed by atoms with Crippen LogP contribution in [0.15, 0.2) is 12.3 Å². The van der Waals surface area contributed by atoms with E-state index in [-0.39, 0.29) is 5.97 Å². The predicted molar refractivity (Wildman–Crippen MR) is 82.0 cm³/mol. The molecule has 0 radical (unpaired) electrons. The van der Waals surface area contributed by atoms with Crippen molar-refractivity contribution >= 4 is 5.97 Å². The molecule has 0 aliphatic carbocycles. The first-order valence-corrected chi connectivity index (χ1v) is 8.15. The van der Waals surface area contributed by atoms with Crippen molar-refractivity contribution in [3.63, 3.8) is 0 Å². The summed E-state index contributed by atoms with van der Waals surface area (Å²) in [6, 6.07) is 0. The van der Waals surface area contributed by atoms with Gasteiger partial charge in [-0.15, -0.1) is 0 Å². The SMILES string of the molecule is CCCCCCCCCCCC=COC(=O)CCC. The van der Waals surface area contributed by atoms with Gasteiger partial charge >= 0.3 is 5.97 Å². The fourth-order valence-electron chi connectivity index (χ4n) is 2.03. The van der Waals surface area contributed by atoms with Crippen LogP contribution in [0.2, 0.25) is 0 Å². The van der Waals surface area contributed by atoms with Crippen molar-refractivity contribution in [1.29, 1.82) is 0 Å². The molecule has 0 aliphatic heterocycles. The Morgan fingerprint density at radius 1 is 0.842 bits per heavy atom. The quantitative estimate of drug-likeness (QED) is 0.241. The van der Waals surface area contributed by atoms with Crippen LogP contribution in [0.4, 0.5) is 0 Å². The fraction of sp³-hybridized carbons (Fsp3) is 0.824. The highest BCUT2D eigenvalue weighted by Gasteiger charge is 1.96. The van der Waals surface area contributed by atoms with Gasteiger partial charge in [0.05, 0.1) is 6.26 Å². The van der Waals surface area contributed by atoms with Crippen molar-refractivity contribution in [2.24, 2.45) is 0 Å². The van der Waals surface area contributed by atoms with Gasteiger partial charge in [0.1, 0.15) is 0 Å². The van der Waals surface area contributed by atoms with Crippen LogP contribution < -0.4 is 0 Å². The molecular weight excluding hydrogens is 236 g/mol. The number of rotatable bonds is 13. The van der Waals surface area contributed by atoms with E-state index in [1.807, 2.05) is 13.0 Å². The zero-order valence-electron chi connectivity index (χ0n) is 13.0. The van der Waals surface area contributed by atoms with Gasteiger partial charge in [-0.1, -0.05) is 65.2 Å². The van der Waals surface area contributed by atoms with Gasteiger partial charge in [-0.05, 0) is 25.3 Å². The van der Waals surface area contributed by atoms with Crippen LogP contribution in [0.1, 0.15) is 90.9 Å². The van der Waals surface area contributed by atoms with Gasteiger partial charge in [-0.2, -0.15) is 0 Å². The Bertz CT molecular complexity index is 221. The van der Waals surface area contributed by atoms with Crippen molar-refractivity contribution in [2.45, 2.75) is 90.9 Å². The molecule has 2 nitrogen and oxygen atoms in total. The van der Waals surface area contributed by atoms with Crippen molar-refractivity contribution in [1.82, 2.24) is 0 Å². The highest BCUT2D eigenvalue weighted by atomic mass is 16.5. The van der Waals surface area contributed by atoms with Crippen LogP contribution in [0.5, 0.6) is 0 Å². The normalized spacial score (nSPS) is 11.1. The summed E-state index contributed by atoms with van der Waals surface area (Å²) < 4.78 is 4.95. The Morgan fingerprint density at radius 2 is 1.42 bits per heavy atom. The number of esters is 1. The summed E-state index contributed by atoms with van der Waals surface area (Å²) in [7, 11) is 0. The van der Waals surface area contributed by atoms with Crippen molar-refractivity contribution in [3.8, 4) is 0 Å². The summed E-state index contributed by atoms with van der Waals surface area (Å²) in [5.41, 5.74) is 0. The molecule has 0 bridgehead atoms. The lowest BCUT2D eigenvalue weighted by Gasteiger charge is -2.00. The van der Waals surface area contributed by atoms with E-state index in [0.717, 1.165) is 12.8 Å². The number of unbranched alkanes of at least 4 members (excludes halogenated alkanes) is 9. The lowest BCUT2D eigenvalue weighted by Crippen LogP contribution is -1.97. The minimum atomic E-state index is -0.120. The second kappa shape index (κ2) is 15.3. The average molecular weight is 268 g/mol. The van der Waals surface area contributed by atoms with Gasteiger partial charge in [-0.3, -0.25) is 4.79 Å². The average Bonchev–Trinajstić information content (AvgIpc) is 2.40. The zero-order valence-corrected chi connectivity index (χ0v) is 13.0. The van der Waals surface area contributed by atoms with Gasteiger partial charge in [0.15, 0.2) is 0 Å². The molecule has 0 aliphatic rings. The molecule has 0 unspecified atom stereocenters. The van der Waals surface area contributed by atoms with Crippen LogP contribution in [0.3, 0.4) is 0 Å². The molecule has 0 aromatic heterocycles. The van der Waals surface area contributed by atoms with Gasteiger partial charge in [0, 0.05) is 6.42 Å². The summed E-state index contributed by atoms with van der Waals surface area (Å²) in [4.78, 5) is 11.1. The highest BCUT2D eigenvalue weighted by molar-refractivity contribution is 5.69. The van der Waals surface area contributed by atoms with Crippen molar-refractivity contribution in [3.05, 3.63) is 12.3 Å². The molecule has 0 saturated carbocycles. The van der Waals surface area contributed by atoms with Crippen LogP contribution >= 0.6 is 0 Å². The second-order valence-corrected chi connectivity index (χ2v) is 5.23. The molecule has 0 fully saturated rings. The van der Waals surface area contributed by atoms with Gasteiger partial charge in [0.2, 0.25) is 0 Å². The van der Waals surface area contributed by atoms with E-state index in [4.69, 9.17) is 4.74 Å². The summed E-state index contributed by atoms with van der Waals surface area (Å²) in [6.07, 6.45) is 18.1. The van der Waals surface area contributed by atoms with Crippen LogP contribution in [-0.4, -0.2) is 5.97 Å². The van der Waals surface area contributed by atoms with Crippen molar-refractivity contribution < 1.29 is 9.53 Å². The van der Waals surface area contributed by atoms with Gasteiger partial charge in [0.25, 0.3) is 0 Å². The summed E-state index contributed by atoms with van der Waals surface area (Å²) in [5, 5.41) is 0. The minimum Gasteiger partial charge on any atom is -0.435 e. The lowest BCUT2D eigenvalue weighted by atomic mass is 10.1. The molecular formula is C17H32O2. The topological polar surface area (TPSA) is 26.3 Å². The largest absolute Gasteiger partial charge is 0.435 e. The maximum absolute atomic E-state index is 11.1. The third kappa shape index (κ3) is 15.2.